The Kier molecular flexibility index (Phi) is 7.24. The molecule has 7 heteroatoms. The Hall–Kier alpha value is -1.73. The van der Waals surface area contributed by atoms with Crippen LogP contribution in [0, 0.1) is 0 Å². The molecule has 2 aliphatic rings. The zero-order valence-corrected chi connectivity index (χ0v) is 16.3. The number of benzene rings is 1. The number of rotatable bonds is 6. The van der Waals surface area contributed by atoms with Crippen LogP contribution in [0.5, 0.6) is 0 Å². The minimum atomic E-state index is -2.68. The van der Waals surface area contributed by atoms with E-state index in [-0.39, 0.29) is 24.2 Å². The topological polar surface area (TPSA) is 64.8 Å². The van der Waals surface area contributed by atoms with E-state index in [1.807, 2.05) is 13.0 Å². The van der Waals surface area contributed by atoms with Crippen molar-refractivity contribution in [2.24, 2.45) is 5.73 Å². The van der Waals surface area contributed by atoms with Gasteiger partial charge in [0, 0.05) is 12.1 Å². The molecule has 156 valence electrons. The number of amides is 1. The lowest BCUT2D eigenvalue weighted by Gasteiger charge is -2.32. The smallest absolute Gasteiger partial charge is 0.410 e. The number of alkyl halides is 2. The molecule has 3 unspecified atom stereocenters. The van der Waals surface area contributed by atoms with Gasteiger partial charge in [-0.05, 0) is 50.5 Å². The quantitative estimate of drug-likeness (QED) is 0.792. The number of likely N-dealkylation sites (tertiary alicyclic amines) is 1. The van der Waals surface area contributed by atoms with Crippen molar-refractivity contribution in [3.63, 3.8) is 0 Å². The highest BCUT2D eigenvalue weighted by Gasteiger charge is 2.41. The second-order valence-corrected chi connectivity index (χ2v) is 7.91. The number of halogens is 2. The Balaban J connectivity index is 1.49. The molecule has 3 rings (SSSR count). The average Bonchev–Trinajstić information content (AvgIpc) is 2.98. The Bertz CT molecular complexity index is 623. The van der Waals surface area contributed by atoms with Gasteiger partial charge in [0.15, 0.2) is 6.61 Å². The van der Waals surface area contributed by atoms with E-state index in [9.17, 15) is 13.6 Å². The molecular weight excluding hydrogens is 366 g/mol. The summed E-state index contributed by atoms with van der Waals surface area (Å²) in [5.74, 6) is 0.565. The molecule has 0 spiro atoms. The van der Waals surface area contributed by atoms with Gasteiger partial charge in [-0.3, -0.25) is 4.90 Å². The molecule has 1 aliphatic carbocycles. The maximum atomic E-state index is 12.4. The van der Waals surface area contributed by atoms with E-state index in [1.54, 1.807) is 0 Å². The summed E-state index contributed by atoms with van der Waals surface area (Å²) in [4.78, 5) is 13.7. The molecule has 1 aromatic carbocycles. The summed E-state index contributed by atoms with van der Waals surface area (Å²) in [6, 6.07) is 9.79. The van der Waals surface area contributed by atoms with Gasteiger partial charge >= 0.3 is 6.09 Å². The lowest BCUT2D eigenvalue weighted by molar-refractivity contribution is -0.0164. The van der Waals surface area contributed by atoms with E-state index >= 15 is 0 Å². The second kappa shape index (κ2) is 9.65. The van der Waals surface area contributed by atoms with Gasteiger partial charge in [0.2, 0.25) is 0 Å². The van der Waals surface area contributed by atoms with E-state index in [1.165, 1.54) is 10.5 Å². The third-order valence-corrected chi connectivity index (χ3v) is 5.93. The van der Waals surface area contributed by atoms with Crippen LogP contribution in [0.15, 0.2) is 30.3 Å². The zero-order valence-electron chi connectivity index (χ0n) is 16.3. The summed E-state index contributed by atoms with van der Waals surface area (Å²) in [7, 11) is 0. The van der Waals surface area contributed by atoms with Crippen molar-refractivity contribution >= 4 is 6.09 Å². The van der Waals surface area contributed by atoms with Gasteiger partial charge in [0.25, 0.3) is 6.43 Å². The van der Waals surface area contributed by atoms with Crippen molar-refractivity contribution in [2.45, 2.75) is 75.6 Å². The van der Waals surface area contributed by atoms with Crippen molar-refractivity contribution < 1.29 is 23.0 Å². The van der Waals surface area contributed by atoms with Crippen LogP contribution in [0.3, 0.4) is 0 Å². The van der Waals surface area contributed by atoms with Crippen LogP contribution >= 0.6 is 0 Å². The highest BCUT2D eigenvalue weighted by atomic mass is 19.3. The van der Waals surface area contributed by atoms with E-state index in [0.29, 0.717) is 18.9 Å². The molecule has 1 saturated carbocycles. The van der Waals surface area contributed by atoms with Crippen LogP contribution in [0.4, 0.5) is 13.6 Å². The first-order valence-corrected chi connectivity index (χ1v) is 10.1. The van der Waals surface area contributed by atoms with Gasteiger partial charge in [0.1, 0.15) is 0 Å². The third-order valence-electron chi connectivity index (χ3n) is 5.93. The van der Waals surface area contributed by atoms with E-state index < -0.39 is 19.1 Å². The first-order valence-electron chi connectivity index (χ1n) is 10.1. The van der Waals surface area contributed by atoms with Gasteiger partial charge in [-0.1, -0.05) is 30.3 Å². The fourth-order valence-electron chi connectivity index (χ4n) is 4.45. The lowest BCUT2D eigenvalue weighted by Crippen LogP contribution is -2.48. The van der Waals surface area contributed by atoms with Crippen molar-refractivity contribution in [3.05, 3.63) is 35.9 Å². The molecule has 1 heterocycles. The molecule has 1 saturated heterocycles. The molecule has 3 atom stereocenters. The predicted octanol–water partition coefficient (Wildman–Crippen LogP) is 3.92. The molecule has 5 nitrogen and oxygen atoms in total. The molecule has 1 aromatic rings. The first kappa shape index (κ1) is 21.0. The zero-order chi connectivity index (χ0) is 20.1. The number of carbonyl (C=O) groups is 1. The number of nitrogens with two attached hydrogens (primary N) is 1. The minimum Gasteiger partial charge on any atom is -0.443 e. The van der Waals surface area contributed by atoms with E-state index in [2.05, 4.69) is 24.3 Å². The molecule has 28 heavy (non-hydrogen) atoms. The second-order valence-electron chi connectivity index (χ2n) is 7.91. The van der Waals surface area contributed by atoms with Crippen molar-refractivity contribution in [1.29, 1.82) is 0 Å². The third kappa shape index (κ3) is 5.20. The van der Waals surface area contributed by atoms with Crippen molar-refractivity contribution in [1.82, 2.24) is 4.90 Å². The molecule has 0 radical (unpaired) electrons. The molecular formula is C21H30F2N2O3. The van der Waals surface area contributed by atoms with Gasteiger partial charge < -0.3 is 15.2 Å². The lowest BCUT2D eigenvalue weighted by atomic mass is 9.83. The van der Waals surface area contributed by atoms with E-state index in [0.717, 1.165) is 25.7 Å². The number of ether oxygens (including phenoxy) is 2. The van der Waals surface area contributed by atoms with Crippen LogP contribution in [-0.4, -0.2) is 54.9 Å². The SMILES string of the molecule is CC1CC(N)C(COC2CCC(c3ccccc3)CC2)N1C(=O)OCC(F)F. The van der Waals surface area contributed by atoms with Crippen LogP contribution in [-0.2, 0) is 9.47 Å². The van der Waals surface area contributed by atoms with Crippen LogP contribution in [0.2, 0.25) is 0 Å². The molecule has 1 amide bonds. The molecule has 1 aliphatic heterocycles. The maximum absolute atomic E-state index is 12.4. The number of hydrogen-bond acceptors (Lipinski definition) is 4. The normalized spacial score (nSPS) is 30.6. The Morgan fingerprint density at radius 3 is 2.54 bits per heavy atom. The Morgan fingerprint density at radius 2 is 1.89 bits per heavy atom. The Morgan fingerprint density at radius 1 is 1.21 bits per heavy atom. The standard InChI is InChI=1S/C21H30F2N2O3/c1-14-11-18(24)19(25(14)21(26)28-13-20(22)23)12-27-17-9-7-16(8-10-17)15-5-3-2-4-6-15/h2-6,14,16-20H,7-13,24H2,1H3. The van der Waals surface area contributed by atoms with Crippen LogP contribution in [0.25, 0.3) is 0 Å². The summed E-state index contributed by atoms with van der Waals surface area (Å²) in [5, 5.41) is 0. The molecule has 2 N–H and O–H groups in total. The monoisotopic (exact) mass is 396 g/mol. The van der Waals surface area contributed by atoms with Crippen molar-refractivity contribution in [2.75, 3.05) is 13.2 Å². The fourth-order valence-corrected chi connectivity index (χ4v) is 4.45. The van der Waals surface area contributed by atoms with Crippen molar-refractivity contribution in [3.8, 4) is 0 Å². The number of nitrogens with zero attached hydrogens (tertiary/aromatic N) is 1. The fraction of sp³-hybridized carbons (Fsp3) is 0.667. The summed E-state index contributed by atoms with van der Waals surface area (Å²) >= 11 is 0. The van der Waals surface area contributed by atoms with Crippen LogP contribution < -0.4 is 5.73 Å². The molecule has 0 bridgehead atoms. The van der Waals surface area contributed by atoms with Gasteiger partial charge in [0.05, 0.1) is 18.8 Å². The summed E-state index contributed by atoms with van der Waals surface area (Å²) in [6.45, 7) is 1.28. The van der Waals surface area contributed by atoms with E-state index in [4.69, 9.17) is 15.2 Å². The average molecular weight is 396 g/mol. The van der Waals surface area contributed by atoms with Gasteiger partial charge in [-0.2, -0.15) is 0 Å². The largest absolute Gasteiger partial charge is 0.443 e. The first-order chi connectivity index (χ1) is 13.5. The van der Waals surface area contributed by atoms with Gasteiger partial charge in [-0.15, -0.1) is 0 Å². The summed E-state index contributed by atoms with van der Waals surface area (Å²) in [5.41, 5.74) is 7.57. The molecule has 2 fully saturated rings. The minimum absolute atomic E-state index is 0.141. The summed E-state index contributed by atoms with van der Waals surface area (Å²) in [6.07, 6.45) is 1.41. The number of hydrogen-bond donors (Lipinski definition) is 1. The predicted molar refractivity (Wildman–Crippen MR) is 102 cm³/mol. The Labute approximate surface area is 165 Å². The van der Waals surface area contributed by atoms with Gasteiger partial charge in [-0.25, -0.2) is 13.6 Å². The maximum Gasteiger partial charge on any atom is 0.410 e. The molecule has 0 aromatic heterocycles. The number of carbonyl (C=O) groups excluding carboxylic acids is 1. The van der Waals surface area contributed by atoms with Crippen LogP contribution in [0.1, 0.15) is 50.5 Å². The highest BCUT2D eigenvalue weighted by Crippen LogP contribution is 2.34. The highest BCUT2D eigenvalue weighted by molar-refractivity contribution is 5.69. The summed E-state index contributed by atoms with van der Waals surface area (Å²) < 4.78 is 35.5.